The SMILES string of the molecule is O=CNC1C(=O)N2C(C(=O)OC(c3ccccc3)c3ccccc3)C(COC(=O)N3CCCCC3)=CS[C@@H]12. The number of hydrogen-bond donors (Lipinski definition) is 1. The standard InChI is InChI=1S/C28H29N3O6S/c32-18-29-22-25(33)31-23(21(17-38-26(22)31)16-36-28(35)30-14-8-3-9-15-30)27(34)37-24(19-10-4-1-5-11-19)20-12-6-2-7-13-20/h1-2,4-7,10-13,17-18,22-24,26H,3,8-9,14-16H2,(H,29,32)/t22?,23?,26-/m0/s1. The lowest BCUT2D eigenvalue weighted by Crippen LogP contribution is -2.73. The second-order valence-corrected chi connectivity index (χ2v) is 10.4. The molecule has 10 heteroatoms. The Morgan fingerprint density at radius 2 is 1.63 bits per heavy atom. The van der Waals surface area contributed by atoms with Crippen molar-refractivity contribution in [2.45, 2.75) is 42.8 Å². The molecule has 0 saturated carbocycles. The van der Waals surface area contributed by atoms with Crippen molar-refractivity contribution in [2.75, 3.05) is 19.7 Å². The Kier molecular flexibility index (Phi) is 7.97. The quantitative estimate of drug-likeness (QED) is 0.314. The van der Waals surface area contributed by atoms with Gasteiger partial charge in [0.2, 0.25) is 12.3 Å². The molecule has 0 aliphatic carbocycles. The number of nitrogens with zero attached hydrogens (tertiary/aromatic N) is 2. The Labute approximate surface area is 225 Å². The topological polar surface area (TPSA) is 105 Å². The maximum absolute atomic E-state index is 13.8. The molecule has 3 amide bonds. The van der Waals surface area contributed by atoms with Gasteiger partial charge in [0.25, 0.3) is 0 Å². The summed E-state index contributed by atoms with van der Waals surface area (Å²) in [5, 5.41) is 3.80. The van der Waals surface area contributed by atoms with E-state index < -0.39 is 35.6 Å². The summed E-state index contributed by atoms with van der Waals surface area (Å²) < 4.78 is 11.7. The molecule has 3 aliphatic heterocycles. The van der Waals surface area contributed by atoms with Crippen molar-refractivity contribution < 1.29 is 28.7 Å². The maximum atomic E-state index is 13.8. The van der Waals surface area contributed by atoms with Crippen LogP contribution >= 0.6 is 11.8 Å². The zero-order valence-corrected chi connectivity index (χ0v) is 21.5. The molecule has 2 aromatic carbocycles. The van der Waals surface area contributed by atoms with Crippen LogP contribution in [0.1, 0.15) is 36.5 Å². The lowest BCUT2D eigenvalue weighted by atomic mass is 9.97. The number of piperidine rings is 1. The number of hydrogen-bond acceptors (Lipinski definition) is 7. The molecule has 1 N–H and O–H groups in total. The number of ether oxygens (including phenoxy) is 2. The van der Waals surface area contributed by atoms with Gasteiger partial charge >= 0.3 is 12.1 Å². The van der Waals surface area contributed by atoms with Crippen molar-refractivity contribution in [3.8, 4) is 0 Å². The van der Waals surface area contributed by atoms with Gasteiger partial charge in [-0.1, -0.05) is 60.7 Å². The Hall–Kier alpha value is -3.79. The summed E-state index contributed by atoms with van der Waals surface area (Å²) in [6.45, 7) is 1.13. The number of thioether (sulfide) groups is 1. The molecule has 3 atom stereocenters. The highest BCUT2D eigenvalue weighted by molar-refractivity contribution is 8.02. The van der Waals surface area contributed by atoms with E-state index >= 15 is 0 Å². The van der Waals surface area contributed by atoms with Gasteiger partial charge in [0.05, 0.1) is 0 Å². The largest absolute Gasteiger partial charge is 0.451 e. The van der Waals surface area contributed by atoms with Crippen molar-refractivity contribution in [3.63, 3.8) is 0 Å². The number of carbonyl (C=O) groups excluding carboxylic acids is 4. The van der Waals surface area contributed by atoms with Crippen LogP contribution in [-0.2, 0) is 23.9 Å². The van der Waals surface area contributed by atoms with Crippen molar-refractivity contribution in [1.29, 1.82) is 0 Å². The number of benzene rings is 2. The highest BCUT2D eigenvalue weighted by atomic mass is 32.2. The third kappa shape index (κ3) is 5.26. The zero-order chi connectivity index (χ0) is 26.5. The Morgan fingerprint density at radius 1 is 1.00 bits per heavy atom. The average molecular weight is 536 g/mol. The van der Waals surface area contributed by atoms with Gasteiger partial charge in [-0.3, -0.25) is 9.59 Å². The molecule has 2 unspecified atom stereocenters. The fraction of sp³-hybridized carbons (Fsp3) is 0.357. The predicted octanol–water partition coefficient (Wildman–Crippen LogP) is 3.22. The third-order valence-electron chi connectivity index (χ3n) is 6.95. The molecule has 38 heavy (non-hydrogen) atoms. The number of carbonyl (C=O) groups is 4. The molecule has 198 valence electrons. The smallest absolute Gasteiger partial charge is 0.410 e. The Bertz CT molecular complexity index is 1160. The first-order valence-electron chi connectivity index (χ1n) is 12.7. The summed E-state index contributed by atoms with van der Waals surface area (Å²) in [5.41, 5.74) is 2.02. The second kappa shape index (κ2) is 11.7. The maximum Gasteiger partial charge on any atom is 0.410 e. The minimum atomic E-state index is -1.08. The van der Waals surface area contributed by atoms with E-state index in [9.17, 15) is 19.2 Å². The van der Waals surface area contributed by atoms with E-state index in [2.05, 4.69) is 5.32 Å². The van der Waals surface area contributed by atoms with Crippen LogP contribution in [-0.4, -0.2) is 71.3 Å². The van der Waals surface area contributed by atoms with E-state index in [4.69, 9.17) is 9.47 Å². The number of β-lactam (4-membered cyclic amide) rings is 1. The molecule has 2 saturated heterocycles. The number of nitrogens with one attached hydrogen (secondary N) is 1. The van der Waals surface area contributed by atoms with E-state index in [1.54, 1.807) is 10.3 Å². The molecule has 2 fully saturated rings. The molecule has 0 aromatic heterocycles. The number of rotatable bonds is 8. The van der Waals surface area contributed by atoms with Crippen LogP contribution in [0.2, 0.25) is 0 Å². The molecule has 0 spiro atoms. The Balaban J connectivity index is 1.39. The van der Waals surface area contributed by atoms with Crippen LogP contribution < -0.4 is 5.32 Å². The van der Waals surface area contributed by atoms with E-state index in [-0.39, 0.29) is 12.5 Å². The summed E-state index contributed by atoms with van der Waals surface area (Å²) >= 11 is 1.30. The number of fused-ring (bicyclic) bond motifs is 1. The summed E-state index contributed by atoms with van der Waals surface area (Å²) in [4.78, 5) is 53.6. The van der Waals surface area contributed by atoms with E-state index in [0.717, 1.165) is 30.4 Å². The van der Waals surface area contributed by atoms with Gasteiger partial charge in [-0.05, 0) is 35.8 Å². The molecule has 3 aliphatic rings. The van der Waals surface area contributed by atoms with Crippen LogP contribution in [0.4, 0.5) is 4.79 Å². The highest BCUT2D eigenvalue weighted by Gasteiger charge is 2.56. The summed E-state index contributed by atoms with van der Waals surface area (Å²) in [5.74, 6) is -1.02. The predicted molar refractivity (Wildman–Crippen MR) is 141 cm³/mol. The van der Waals surface area contributed by atoms with Crippen molar-refractivity contribution in [1.82, 2.24) is 15.1 Å². The minimum Gasteiger partial charge on any atom is -0.451 e. The van der Waals surface area contributed by atoms with Gasteiger partial charge in [0.15, 0.2) is 12.1 Å². The molecular weight excluding hydrogens is 506 g/mol. The van der Waals surface area contributed by atoms with Crippen LogP contribution in [0.5, 0.6) is 0 Å². The summed E-state index contributed by atoms with van der Waals surface area (Å²) in [6, 6.07) is 16.9. The van der Waals surface area contributed by atoms with E-state index in [0.29, 0.717) is 25.1 Å². The van der Waals surface area contributed by atoms with Crippen LogP contribution in [0.25, 0.3) is 0 Å². The van der Waals surface area contributed by atoms with Crippen LogP contribution in [0.15, 0.2) is 71.6 Å². The van der Waals surface area contributed by atoms with Crippen LogP contribution in [0.3, 0.4) is 0 Å². The number of likely N-dealkylation sites (tertiary alicyclic amines) is 1. The van der Waals surface area contributed by atoms with Gasteiger partial charge in [-0.2, -0.15) is 0 Å². The van der Waals surface area contributed by atoms with Gasteiger partial charge in [-0.25, -0.2) is 9.59 Å². The molecule has 9 nitrogen and oxygen atoms in total. The van der Waals surface area contributed by atoms with Gasteiger partial charge < -0.3 is 24.6 Å². The number of esters is 1. The Morgan fingerprint density at radius 3 is 2.24 bits per heavy atom. The van der Waals surface area contributed by atoms with E-state index in [1.807, 2.05) is 60.7 Å². The molecule has 0 bridgehead atoms. The number of amides is 3. The molecule has 0 radical (unpaired) electrons. The first-order chi connectivity index (χ1) is 18.6. The normalized spacial score (nSPS) is 22.6. The van der Waals surface area contributed by atoms with Crippen molar-refractivity contribution in [2.24, 2.45) is 0 Å². The molecular formula is C28H29N3O6S. The zero-order valence-electron chi connectivity index (χ0n) is 20.7. The monoisotopic (exact) mass is 535 g/mol. The molecule has 2 aromatic rings. The van der Waals surface area contributed by atoms with Crippen molar-refractivity contribution >= 4 is 36.1 Å². The lowest BCUT2D eigenvalue weighted by molar-refractivity contribution is -0.165. The first kappa shape index (κ1) is 25.8. The molecule has 3 heterocycles. The van der Waals surface area contributed by atoms with Crippen LogP contribution in [0, 0.1) is 0 Å². The fourth-order valence-electron chi connectivity index (χ4n) is 4.99. The minimum absolute atomic E-state index is 0.147. The average Bonchev–Trinajstić information content (AvgIpc) is 2.98. The lowest BCUT2D eigenvalue weighted by Gasteiger charge is -2.51. The molecule has 5 rings (SSSR count). The van der Waals surface area contributed by atoms with E-state index in [1.165, 1.54) is 16.7 Å². The fourth-order valence-corrected chi connectivity index (χ4v) is 6.21. The van der Waals surface area contributed by atoms with Gasteiger partial charge in [0, 0.05) is 18.7 Å². The summed E-state index contributed by atoms with van der Waals surface area (Å²) in [7, 11) is 0. The highest BCUT2D eigenvalue weighted by Crippen LogP contribution is 2.41. The first-order valence-corrected chi connectivity index (χ1v) is 13.6. The summed E-state index contributed by atoms with van der Waals surface area (Å²) in [6.07, 6.45) is 2.28. The second-order valence-electron chi connectivity index (χ2n) is 9.37. The van der Waals surface area contributed by atoms with Crippen molar-refractivity contribution in [3.05, 3.63) is 82.8 Å². The van der Waals surface area contributed by atoms with Gasteiger partial charge in [0.1, 0.15) is 18.0 Å². The van der Waals surface area contributed by atoms with Gasteiger partial charge in [-0.15, -0.1) is 11.8 Å². The third-order valence-corrected chi connectivity index (χ3v) is 8.17.